The number of hydrogen-bond donors (Lipinski definition) is 1. The summed E-state index contributed by atoms with van der Waals surface area (Å²) in [6, 6.07) is 0.246. The van der Waals surface area contributed by atoms with Crippen LogP contribution in [0, 0.1) is 11.3 Å². The van der Waals surface area contributed by atoms with Crippen molar-refractivity contribution in [3.8, 4) is 0 Å². The Morgan fingerprint density at radius 2 is 1.88 bits per heavy atom. The minimum Gasteiger partial charge on any atom is -0.395 e. The van der Waals surface area contributed by atoms with Crippen molar-refractivity contribution in [1.82, 2.24) is 4.90 Å². The van der Waals surface area contributed by atoms with Crippen LogP contribution in [0.2, 0.25) is 0 Å². The number of likely N-dealkylation sites (N-methyl/N-ethyl adjacent to an activating group) is 1. The Hall–Kier alpha value is -0.120. The molecule has 0 aromatic carbocycles. The van der Waals surface area contributed by atoms with Gasteiger partial charge in [-0.3, -0.25) is 0 Å². The van der Waals surface area contributed by atoms with Crippen LogP contribution in [0.25, 0.3) is 0 Å². The first-order chi connectivity index (χ1) is 7.45. The molecule has 1 rings (SSSR count). The third-order valence-corrected chi connectivity index (χ3v) is 3.59. The molecule has 3 heteroatoms. The standard InChI is InChI=1S/C13H27NO2/c1-13(2,3)12(10-15)14(4)9-11-5-7-16-8-6-11/h11-12,15H,5-10H2,1-4H3. The van der Waals surface area contributed by atoms with Crippen LogP contribution in [0.15, 0.2) is 0 Å². The normalized spacial score (nSPS) is 21.4. The molecule has 1 aliphatic heterocycles. The monoisotopic (exact) mass is 229 g/mol. The van der Waals surface area contributed by atoms with E-state index in [1.165, 1.54) is 0 Å². The van der Waals surface area contributed by atoms with E-state index in [9.17, 15) is 5.11 Å². The van der Waals surface area contributed by atoms with Crippen LogP contribution in [0.4, 0.5) is 0 Å². The molecule has 0 aliphatic carbocycles. The molecule has 1 atom stereocenters. The molecule has 1 aliphatic rings. The van der Waals surface area contributed by atoms with E-state index in [2.05, 4.69) is 32.7 Å². The van der Waals surface area contributed by atoms with Crippen LogP contribution in [0.3, 0.4) is 0 Å². The predicted octanol–water partition coefficient (Wildman–Crippen LogP) is 1.75. The molecule has 1 fully saturated rings. The molecule has 96 valence electrons. The quantitative estimate of drug-likeness (QED) is 0.797. The third kappa shape index (κ3) is 4.04. The third-order valence-electron chi connectivity index (χ3n) is 3.59. The average Bonchev–Trinajstić information content (AvgIpc) is 2.17. The van der Waals surface area contributed by atoms with Crippen LogP contribution in [0.1, 0.15) is 33.6 Å². The molecule has 0 aromatic rings. The molecule has 3 nitrogen and oxygen atoms in total. The summed E-state index contributed by atoms with van der Waals surface area (Å²) in [5.74, 6) is 0.732. The van der Waals surface area contributed by atoms with Gasteiger partial charge in [-0.2, -0.15) is 0 Å². The summed E-state index contributed by atoms with van der Waals surface area (Å²) in [7, 11) is 2.13. The fourth-order valence-corrected chi connectivity index (χ4v) is 2.54. The van der Waals surface area contributed by atoms with Gasteiger partial charge in [0.15, 0.2) is 0 Å². The summed E-state index contributed by atoms with van der Waals surface area (Å²) >= 11 is 0. The van der Waals surface area contributed by atoms with E-state index >= 15 is 0 Å². The van der Waals surface area contributed by atoms with Crippen molar-refractivity contribution in [1.29, 1.82) is 0 Å². The molecule has 0 bridgehead atoms. The molecule has 0 amide bonds. The van der Waals surface area contributed by atoms with E-state index in [4.69, 9.17) is 4.74 Å². The zero-order chi connectivity index (χ0) is 12.2. The smallest absolute Gasteiger partial charge is 0.0591 e. The summed E-state index contributed by atoms with van der Waals surface area (Å²) in [6.45, 7) is 9.68. The number of aliphatic hydroxyl groups is 1. The van der Waals surface area contributed by atoms with Crippen LogP contribution in [-0.2, 0) is 4.74 Å². The van der Waals surface area contributed by atoms with Crippen LogP contribution in [-0.4, -0.2) is 49.5 Å². The molecule has 0 spiro atoms. The molecule has 1 N–H and O–H groups in total. The highest BCUT2D eigenvalue weighted by Gasteiger charge is 2.29. The molecule has 16 heavy (non-hydrogen) atoms. The maximum absolute atomic E-state index is 9.50. The minimum absolute atomic E-state index is 0.134. The van der Waals surface area contributed by atoms with Gasteiger partial charge in [-0.25, -0.2) is 0 Å². The van der Waals surface area contributed by atoms with Gasteiger partial charge in [-0.15, -0.1) is 0 Å². The van der Waals surface area contributed by atoms with E-state index in [0.29, 0.717) is 0 Å². The van der Waals surface area contributed by atoms with Crippen molar-refractivity contribution in [2.45, 2.75) is 39.7 Å². The molecule has 1 heterocycles. The number of hydrogen-bond acceptors (Lipinski definition) is 3. The zero-order valence-corrected chi connectivity index (χ0v) is 11.2. The highest BCUT2D eigenvalue weighted by atomic mass is 16.5. The first-order valence-corrected chi connectivity index (χ1v) is 6.34. The first-order valence-electron chi connectivity index (χ1n) is 6.34. The van der Waals surface area contributed by atoms with Gasteiger partial charge in [0.2, 0.25) is 0 Å². The fourth-order valence-electron chi connectivity index (χ4n) is 2.54. The lowest BCUT2D eigenvalue weighted by Gasteiger charge is -2.39. The lowest BCUT2D eigenvalue weighted by atomic mass is 9.85. The molecule has 0 radical (unpaired) electrons. The number of aliphatic hydroxyl groups excluding tert-OH is 1. The van der Waals surface area contributed by atoms with Crippen molar-refractivity contribution in [3.05, 3.63) is 0 Å². The van der Waals surface area contributed by atoms with E-state index in [-0.39, 0.29) is 18.1 Å². The van der Waals surface area contributed by atoms with Gasteiger partial charge in [-0.05, 0) is 31.2 Å². The zero-order valence-electron chi connectivity index (χ0n) is 11.2. The van der Waals surface area contributed by atoms with E-state index in [1.54, 1.807) is 0 Å². The van der Waals surface area contributed by atoms with Gasteiger partial charge in [-0.1, -0.05) is 20.8 Å². The molecular weight excluding hydrogens is 202 g/mol. The Balaban J connectivity index is 2.45. The minimum atomic E-state index is 0.134. The second-order valence-corrected chi connectivity index (χ2v) is 6.06. The number of ether oxygens (including phenoxy) is 1. The van der Waals surface area contributed by atoms with Crippen molar-refractivity contribution >= 4 is 0 Å². The van der Waals surface area contributed by atoms with Crippen LogP contribution in [0.5, 0.6) is 0 Å². The van der Waals surface area contributed by atoms with Gasteiger partial charge in [0.1, 0.15) is 0 Å². The van der Waals surface area contributed by atoms with E-state index < -0.39 is 0 Å². The second-order valence-electron chi connectivity index (χ2n) is 6.06. The van der Waals surface area contributed by atoms with Crippen molar-refractivity contribution in [3.63, 3.8) is 0 Å². The van der Waals surface area contributed by atoms with E-state index in [1.807, 2.05) is 0 Å². The first kappa shape index (κ1) is 13.9. The lowest BCUT2D eigenvalue weighted by molar-refractivity contribution is 0.0221. The Morgan fingerprint density at radius 1 is 1.31 bits per heavy atom. The predicted molar refractivity (Wildman–Crippen MR) is 66.5 cm³/mol. The summed E-state index contributed by atoms with van der Waals surface area (Å²) in [5.41, 5.74) is 0.134. The fraction of sp³-hybridized carbons (Fsp3) is 1.00. The van der Waals surface area contributed by atoms with Gasteiger partial charge in [0.05, 0.1) is 6.61 Å². The highest BCUT2D eigenvalue weighted by Crippen LogP contribution is 2.25. The summed E-state index contributed by atoms with van der Waals surface area (Å²) in [5, 5.41) is 9.50. The Bertz CT molecular complexity index is 195. The maximum Gasteiger partial charge on any atom is 0.0591 e. The van der Waals surface area contributed by atoms with E-state index in [0.717, 1.165) is 38.5 Å². The van der Waals surface area contributed by atoms with Crippen molar-refractivity contribution in [2.24, 2.45) is 11.3 Å². The molecular formula is C13H27NO2. The average molecular weight is 229 g/mol. The van der Waals surface area contributed by atoms with Crippen LogP contribution < -0.4 is 0 Å². The Kier molecular flexibility index (Phi) is 5.22. The Labute approximate surface area is 99.8 Å². The number of rotatable bonds is 4. The number of nitrogens with zero attached hydrogens (tertiary/aromatic N) is 1. The van der Waals surface area contributed by atoms with Crippen LogP contribution >= 0.6 is 0 Å². The SMILES string of the molecule is CN(CC1CCOCC1)C(CO)C(C)(C)C. The van der Waals surface area contributed by atoms with Gasteiger partial charge < -0.3 is 14.7 Å². The van der Waals surface area contributed by atoms with Crippen molar-refractivity contribution < 1.29 is 9.84 Å². The second kappa shape index (κ2) is 5.99. The summed E-state index contributed by atoms with van der Waals surface area (Å²) < 4.78 is 5.37. The molecule has 0 aromatic heterocycles. The molecule has 1 unspecified atom stereocenters. The molecule has 0 saturated carbocycles. The lowest BCUT2D eigenvalue weighted by Crippen LogP contribution is -2.46. The van der Waals surface area contributed by atoms with Gasteiger partial charge in [0, 0.05) is 25.8 Å². The van der Waals surface area contributed by atoms with Gasteiger partial charge in [0.25, 0.3) is 0 Å². The Morgan fingerprint density at radius 3 is 2.31 bits per heavy atom. The van der Waals surface area contributed by atoms with Crippen molar-refractivity contribution in [2.75, 3.05) is 33.4 Å². The largest absolute Gasteiger partial charge is 0.395 e. The van der Waals surface area contributed by atoms with Gasteiger partial charge >= 0.3 is 0 Å². The maximum atomic E-state index is 9.50. The topological polar surface area (TPSA) is 32.7 Å². The summed E-state index contributed by atoms with van der Waals surface area (Å²) in [4.78, 5) is 2.32. The summed E-state index contributed by atoms with van der Waals surface area (Å²) in [6.07, 6.45) is 2.32. The highest BCUT2D eigenvalue weighted by molar-refractivity contribution is 4.82. The molecule has 1 saturated heterocycles.